The van der Waals surface area contributed by atoms with Crippen LogP contribution in [0.2, 0.25) is 0 Å². The molecule has 12 nitrogen and oxygen atoms in total. The van der Waals surface area contributed by atoms with Gasteiger partial charge in [-0.15, -0.1) is 0 Å². The maximum absolute atomic E-state index is 14.5. The summed E-state index contributed by atoms with van der Waals surface area (Å²) in [6.07, 6.45) is -8.65. The van der Waals surface area contributed by atoms with Gasteiger partial charge in [-0.1, -0.05) is 0 Å². The predicted molar refractivity (Wildman–Crippen MR) is 77.0 cm³/mol. The van der Waals surface area contributed by atoms with Gasteiger partial charge in [-0.3, -0.25) is 0 Å². The van der Waals surface area contributed by atoms with Gasteiger partial charge in [-0.05, 0) is 0 Å². The Balaban J connectivity index is 1.95. The number of carbonyl (C=O) groups excluding carboxylic acids is 2. The van der Waals surface area contributed by atoms with Crippen molar-refractivity contribution in [3.05, 3.63) is 0 Å². The van der Waals surface area contributed by atoms with Gasteiger partial charge in [0, 0.05) is 0 Å². The van der Waals surface area contributed by atoms with Crippen LogP contribution in [0.4, 0.5) is 4.39 Å². The van der Waals surface area contributed by atoms with Gasteiger partial charge in [0.25, 0.3) is 0 Å². The molecule has 5 atom stereocenters. The van der Waals surface area contributed by atoms with E-state index in [0.29, 0.717) is 0 Å². The van der Waals surface area contributed by atoms with Crippen molar-refractivity contribution in [1.29, 1.82) is 0 Å². The summed E-state index contributed by atoms with van der Waals surface area (Å²) in [5, 5.41) is 38.0. The molecule has 0 saturated carbocycles. The zero-order chi connectivity index (χ0) is 19.0. The third-order valence-electron chi connectivity index (χ3n) is 3.73. The van der Waals surface area contributed by atoms with E-state index in [-0.39, 0.29) is 0 Å². The Morgan fingerprint density at radius 1 is 1.12 bits per heavy atom. The molecule has 0 bridgehead atoms. The summed E-state index contributed by atoms with van der Waals surface area (Å²) >= 11 is 0. The molecule has 2 aliphatic heterocycles. The fourth-order valence-electron chi connectivity index (χ4n) is 2.28. The molecule has 2 heterocycles. The average molecular weight is 390 g/mol. The van der Waals surface area contributed by atoms with Crippen LogP contribution in [-0.2, 0) is 28.1 Å². The number of aliphatic hydroxyl groups is 4. The van der Waals surface area contributed by atoms with Crippen molar-refractivity contribution in [1.82, 2.24) is 0 Å². The van der Waals surface area contributed by atoms with Crippen molar-refractivity contribution in [2.24, 2.45) is 11.0 Å². The molecule has 2 saturated heterocycles. The number of ether oxygens (including phenoxy) is 2. The average Bonchev–Trinajstić information content (AvgIpc) is 2.52. The Morgan fingerprint density at radius 2 is 1.68 bits per heavy atom. The normalized spacial score (nSPS) is 42.4. The van der Waals surface area contributed by atoms with E-state index in [4.69, 9.17) is 25.6 Å². The first-order valence-corrected chi connectivity index (χ1v) is 9.14. The topological polar surface area (TPSA) is 204 Å². The molecule has 0 aromatic heterocycles. The van der Waals surface area contributed by atoms with Crippen LogP contribution in [0, 0.1) is 0 Å². The van der Waals surface area contributed by atoms with Gasteiger partial charge in [0.05, 0.1) is 0 Å². The minimum atomic E-state index is -4.05. The van der Waals surface area contributed by atoms with Crippen LogP contribution in [0.3, 0.4) is 0 Å². The number of nitrogens with two attached hydrogens (primary N) is 2. The monoisotopic (exact) mass is 390 g/mol. The molecule has 0 spiro atoms. The van der Waals surface area contributed by atoms with Crippen LogP contribution < -0.4 is 11.0 Å². The summed E-state index contributed by atoms with van der Waals surface area (Å²) in [6, 6.07) is 0. The van der Waals surface area contributed by atoms with E-state index in [1.807, 2.05) is 0 Å². The van der Waals surface area contributed by atoms with Crippen molar-refractivity contribution in [2.75, 3.05) is 13.2 Å². The molecule has 0 aromatic rings. The first-order valence-electron chi connectivity index (χ1n) is 7.17. The molecule has 146 valence electrons. The predicted octanol–water partition coefficient (Wildman–Crippen LogP) is -3.67. The van der Waals surface area contributed by atoms with E-state index in [2.05, 4.69) is 9.05 Å². The molecule has 2 fully saturated rings. The van der Waals surface area contributed by atoms with Crippen LogP contribution in [0.1, 0.15) is 6.42 Å². The van der Waals surface area contributed by atoms with E-state index >= 15 is 0 Å². The molecule has 8 N–H and O–H groups in total. The summed E-state index contributed by atoms with van der Waals surface area (Å²) in [6.45, 7) is -1.33. The van der Waals surface area contributed by atoms with E-state index in [9.17, 15) is 29.3 Å². The Morgan fingerprint density at radius 3 is 2.20 bits per heavy atom. The molecule has 0 amide bonds. The van der Waals surface area contributed by atoms with Gasteiger partial charge in [0.1, 0.15) is 0 Å². The van der Waals surface area contributed by atoms with Crippen molar-refractivity contribution >= 4 is 20.0 Å². The molecule has 14 heteroatoms. The van der Waals surface area contributed by atoms with Gasteiger partial charge >= 0.3 is 140 Å². The van der Waals surface area contributed by atoms with E-state index in [0.717, 1.165) is 0 Å². The Bertz CT molecular complexity index is 515. The number of rotatable bonds is 5. The van der Waals surface area contributed by atoms with Gasteiger partial charge in [-0.25, -0.2) is 0 Å². The van der Waals surface area contributed by atoms with Crippen LogP contribution in [0.5, 0.6) is 0 Å². The second kappa shape index (κ2) is 7.31. The standard InChI is InChI=1S/C11H20FN2O10P/c12-11(9(19)23-25(13,14)24-10(11)20)1-2-21-8-7(18)6(17)5(16)4(3-15)22-8/h4-8,15-18,25H,1-3,13-14H2/t4-,5-,6+,7-,8?/m1/s1. The van der Waals surface area contributed by atoms with Crippen molar-refractivity contribution in [3.63, 3.8) is 0 Å². The number of aliphatic hydroxyl groups excluding tert-OH is 4. The molecule has 1 unspecified atom stereocenters. The molecule has 2 aliphatic rings. The summed E-state index contributed by atoms with van der Waals surface area (Å²) in [5.74, 6) is -3.23. The fraction of sp³-hybridized carbons (Fsp3) is 0.818. The van der Waals surface area contributed by atoms with Crippen molar-refractivity contribution in [2.45, 2.75) is 42.8 Å². The number of carbonyl (C=O) groups is 2. The second-order valence-electron chi connectivity index (χ2n) is 5.62. The van der Waals surface area contributed by atoms with E-state index < -0.39 is 76.0 Å². The third kappa shape index (κ3) is 4.05. The van der Waals surface area contributed by atoms with Gasteiger partial charge in [0.15, 0.2) is 0 Å². The van der Waals surface area contributed by atoms with Crippen LogP contribution in [0.25, 0.3) is 0 Å². The Kier molecular flexibility index (Phi) is 5.93. The number of hydrogen-bond donors (Lipinski definition) is 6. The van der Waals surface area contributed by atoms with Gasteiger partial charge in [-0.2, -0.15) is 0 Å². The molecule has 0 aromatic carbocycles. The molecule has 0 aliphatic carbocycles. The first-order chi connectivity index (χ1) is 11.5. The molecular weight excluding hydrogens is 370 g/mol. The molecular formula is C11H20FN2O10P. The van der Waals surface area contributed by atoms with Crippen LogP contribution in [0.15, 0.2) is 0 Å². The van der Waals surface area contributed by atoms with Gasteiger partial charge < -0.3 is 0 Å². The number of halogens is 1. The molecule has 25 heavy (non-hydrogen) atoms. The third-order valence-corrected chi connectivity index (χ3v) is 4.74. The maximum atomic E-state index is 14.5. The SMILES string of the molecule is N[PH]1(N)OC(=O)C(F)(CCOC2O[C@H](CO)[C@@H](O)[C@H](O)[C@H]2O)C(=O)O1. The number of hydrogen-bond acceptors (Lipinski definition) is 12. The van der Waals surface area contributed by atoms with Crippen molar-refractivity contribution in [3.8, 4) is 0 Å². The summed E-state index contributed by atoms with van der Waals surface area (Å²) in [4.78, 5) is 23.2. The van der Waals surface area contributed by atoms with E-state index in [1.54, 1.807) is 0 Å². The van der Waals surface area contributed by atoms with E-state index in [1.165, 1.54) is 0 Å². The summed E-state index contributed by atoms with van der Waals surface area (Å²) in [5.41, 5.74) is 7.21. The van der Waals surface area contributed by atoms with Crippen LogP contribution in [-0.4, -0.2) is 82.0 Å². The Labute approximate surface area is 141 Å². The summed E-state index contributed by atoms with van der Waals surface area (Å²) < 4.78 is 33.3. The summed E-state index contributed by atoms with van der Waals surface area (Å²) in [7, 11) is -4.05. The minimum absolute atomic E-state index is 0.646. The number of alkyl halides is 1. The zero-order valence-corrected chi connectivity index (χ0v) is 13.8. The quantitative estimate of drug-likeness (QED) is 0.198. The Hall–Kier alpha value is -1.02. The van der Waals surface area contributed by atoms with Gasteiger partial charge in [0.2, 0.25) is 0 Å². The van der Waals surface area contributed by atoms with Crippen molar-refractivity contribution < 1.29 is 52.9 Å². The van der Waals surface area contributed by atoms with Crippen LogP contribution >= 0.6 is 8.02 Å². The first kappa shape index (κ1) is 20.3. The zero-order valence-electron chi connectivity index (χ0n) is 12.8. The molecule has 0 radical (unpaired) electrons. The second-order valence-corrected chi connectivity index (χ2v) is 7.47. The molecule has 2 rings (SSSR count). The fourth-order valence-corrected chi connectivity index (χ4v) is 3.23.